The monoisotopic (exact) mass is 480 g/mol. The molecular formula is C25H15F3N2O5. The van der Waals surface area contributed by atoms with Crippen LogP contribution in [-0.4, -0.2) is 15.2 Å². The highest BCUT2D eigenvalue weighted by Gasteiger charge is 2.30. The second-order valence-corrected chi connectivity index (χ2v) is 7.56. The number of hydrogen-bond donors (Lipinski definition) is 1. The fourth-order valence-electron chi connectivity index (χ4n) is 3.42. The molecule has 10 heteroatoms. The molecule has 0 aliphatic rings. The number of halogens is 3. The molecule has 2 aromatic heterocycles. The predicted octanol–water partition coefficient (Wildman–Crippen LogP) is 5.81. The molecule has 5 rings (SSSR count). The van der Waals surface area contributed by atoms with Crippen molar-refractivity contribution in [3.8, 4) is 34.1 Å². The lowest BCUT2D eigenvalue weighted by Gasteiger charge is -2.06. The lowest BCUT2D eigenvalue weighted by Crippen LogP contribution is -2.05. The second-order valence-electron chi connectivity index (χ2n) is 7.56. The largest absolute Gasteiger partial charge is 0.508 e. The van der Waals surface area contributed by atoms with E-state index >= 15 is 0 Å². The maximum Gasteiger partial charge on any atom is 0.416 e. The fraction of sp³-hybridized carbons (Fsp3) is 0.0800. The van der Waals surface area contributed by atoms with E-state index in [4.69, 9.17) is 13.7 Å². The van der Waals surface area contributed by atoms with Crippen LogP contribution in [0, 0.1) is 0 Å². The summed E-state index contributed by atoms with van der Waals surface area (Å²) in [5.74, 6) is 0.723. The van der Waals surface area contributed by atoms with Gasteiger partial charge in [-0.1, -0.05) is 17.3 Å². The number of alkyl halides is 3. The zero-order valence-electron chi connectivity index (χ0n) is 17.7. The molecule has 7 nitrogen and oxygen atoms in total. The Bertz CT molecular complexity index is 1560. The number of hydrogen-bond acceptors (Lipinski definition) is 7. The number of rotatable bonds is 5. The lowest BCUT2D eigenvalue weighted by molar-refractivity contribution is -0.137. The predicted molar refractivity (Wildman–Crippen MR) is 119 cm³/mol. The number of aromatic hydroxyl groups is 1. The van der Waals surface area contributed by atoms with Crippen molar-refractivity contribution in [2.24, 2.45) is 0 Å². The number of fused-ring (bicyclic) bond motifs is 1. The van der Waals surface area contributed by atoms with E-state index in [0.29, 0.717) is 33.4 Å². The zero-order chi connectivity index (χ0) is 24.6. The van der Waals surface area contributed by atoms with Crippen LogP contribution in [0.1, 0.15) is 11.4 Å². The topological polar surface area (TPSA) is 98.6 Å². The van der Waals surface area contributed by atoms with Crippen LogP contribution in [0.5, 0.6) is 11.5 Å². The molecule has 0 radical (unpaired) electrons. The molecule has 0 atom stereocenters. The molecule has 0 aliphatic heterocycles. The third kappa shape index (κ3) is 4.58. The molecule has 0 spiro atoms. The summed E-state index contributed by atoms with van der Waals surface area (Å²) in [5.41, 5.74) is 0.612. The highest BCUT2D eigenvalue weighted by molar-refractivity contribution is 5.82. The molecule has 0 bridgehead atoms. The molecular weight excluding hydrogens is 465 g/mol. The smallest absolute Gasteiger partial charge is 0.416 e. The summed E-state index contributed by atoms with van der Waals surface area (Å²) in [6.45, 7) is -0.0779. The number of benzene rings is 3. The van der Waals surface area contributed by atoms with Crippen LogP contribution in [0.15, 0.2) is 86.7 Å². The van der Waals surface area contributed by atoms with Gasteiger partial charge in [0.1, 0.15) is 23.3 Å². The molecule has 0 fully saturated rings. The van der Waals surface area contributed by atoms with E-state index in [0.717, 1.165) is 12.1 Å². The van der Waals surface area contributed by atoms with Gasteiger partial charge in [-0.25, -0.2) is 0 Å². The standard InChI is InChI=1S/C25H15F3N2O5/c26-25(27,28)16-5-1-15(2-6-16)24-29-22(30-35-24)13-33-18-9-10-19-21(11-18)34-12-20(23(19)32)14-3-7-17(31)8-4-14/h1-12,31H,13H2. The summed E-state index contributed by atoms with van der Waals surface area (Å²) in [6, 6.07) is 15.3. The van der Waals surface area contributed by atoms with Gasteiger partial charge in [0, 0.05) is 11.6 Å². The molecule has 5 aromatic rings. The molecule has 0 aliphatic carbocycles. The normalized spacial score (nSPS) is 11.6. The summed E-state index contributed by atoms with van der Waals surface area (Å²) in [7, 11) is 0. The first-order valence-corrected chi connectivity index (χ1v) is 10.3. The van der Waals surface area contributed by atoms with Crippen LogP contribution in [0.25, 0.3) is 33.6 Å². The lowest BCUT2D eigenvalue weighted by atomic mass is 10.1. The van der Waals surface area contributed by atoms with Gasteiger partial charge in [-0.3, -0.25) is 4.79 Å². The minimum absolute atomic E-state index is 0.0589. The summed E-state index contributed by atoms with van der Waals surface area (Å²) >= 11 is 0. The van der Waals surface area contributed by atoms with Gasteiger partial charge >= 0.3 is 6.18 Å². The van der Waals surface area contributed by atoms with Crippen LogP contribution in [-0.2, 0) is 12.8 Å². The average Bonchev–Trinajstić information content (AvgIpc) is 3.32. The number of phenols is 1. The van der Waals surface area contributed by atoms with Crippen LogP contribution >= 0.6 is 0 Å². The zero-order valence-corrected chi connectivity index (χ0v) is 17.7. The maximum atomic E-state index is 12.9. The first-order valence-electron chi connectivity index (χ1n) is 10.3. The summed E-state index contributed by atoms with van der Waals surface area (Å²) in [5, 5.41) is 13.6. The molecule has 176 valence electrons. The molecule has 0 unspecified atom stereocenters. The molecule has 1 N–H and O–H groups in total. The Balaban J connectivity index is 1.31. The quantitative estimate of drug-likeness (QED) is 0.339. The van der Waals surface area contributed by atoms with E-state index in [1.54, 1.807) is 30.3 Å². The van der Waals surface area contributed by atoms with Gasteiger partial charge in [0.25, 0.3) is 5.89 Å². The Morgan fingerprint density at radius 3 is 2.37 bits per heavy atom. The van der Waals surface area contributed by atoms with Crippen molar-refractivity contribution in [3.63, 3.8) is 0 Å². The van der Waals surface area contributed by atoms with E-state index in [1.165, 1.54) is 30.5 Å². The SMILES string of the molecule is O=c1c(-c2ccc(O)cc2)coc2cc(OCc3noc(-c4ccc(C(F)(F)F)cc4)n3)ccc12. The Kier molecular flexibility index (Phi) is 5.48. The first-order chi connectivity index (χ1) is 16.8. The van der Waals surface area contributed by atoms with E-state index in [2.05, 4.69) is 10.1 Å². The maximum absolute atomic E-state index is 12.9. The average molecular weight is 480 g/mol. The van der Waals surface area contributed by atoms with Gasteiger partial charge in [0.05, 0.1) is 16.5 Å². The third-order valence-electron chi connectivity index (χ3n) is 5.22. The van der Waals surface area contributed by atoms with E-state index in [-0.39, 0.29) is 29.5 Å². The Morgan fingerprint density at radius 1 is 0.943 bits per heavy atom. The summed E-state index contributed by atoms with van der Waals surface area (Å²) in [6.07, 6.45) is -3.09. The second kappa shape index (κ2) is 8.64. The Morgan fingerprint density at radius 2 is 1.66 bits per heavy atom. The van der Waals surface area contributed by atoms with Crippen molar-refractivity contribution >= 4 is 11.0 Å². The first kappa shape index (κ1) is 22.2. The molecule has 2 heterocycles. The van der Waals surface area contributed by atoms with E-state index < -0.39 is 11.7 Å². The van der Waals surface area contributed by atoms with Gasteiger partial charge < -0.3 is 18.8 Å². The van der Waals surface area contributed by atoms with Crippen molar-refractivity contribution in [2.45, 2.75) is 12.8 Å². The molecule has 3 aromatic carbocycles. The van der Waals surface area contributed by atoms with Crippen molar-refractivity contribution in [1.82, 2.24) is 10.1 Å². The van der Waals surface area contributed by atoms with Crippen LogP contribution in [0.3, 0.4) is 0 Å². The molecule has 35 heavy (non-hydrogen) atoms. The van der Waals surface area contributed by atoms with Crippen molar-refractivity contribution in [2.75, 3.05) is 0 Å². The van der Waals surface area contributed by atoms with Gasteiger partial charge in [0.2, 0.25) is 5.82 Å². The van der Waals surface area contributed by atoms with Crippen LogP contribution < -0.4 is 10.2 Å². The highest BCUT2D eigenvalue weighted by atomic mass is 19.4. The van der Waals surface area contributed by atoms with Crippen molar-refractivity contribution in [3.05, 3.63) is 94.6 Å². The minimum atomic E-state index is -4.43. The Hall–Kier alpha value is -4.60. The molecule has 0 saturated heterocycles. The van der Waals surface area contributed by atoms with Crippen molar-refractivity contribution in [1.29, 1.82) is 0 Å². The fourth-order valence-corrected chi connectivity index (χ4v) is 3.42. The van der Waals surface area contributed by atoms with Crippen molar-refractivity contribution < 1.29 is 32.0 Å². The third-order valence-corrected chi connectivity index (χ3v) is 5.22. The van der Waals surface area contributed by atoms with E-state index in [9.17, 15) is 23.1 Å². The number of nitrogens with zero attached hydrogens (tertiary/aromatic N) is 2. The van der Waals surface area contributed by atoms with Gasteiger partial charge in [0.15, 0.2) is 12.0 Å². The molecule has 0 amide bonds. The van der Waals surface area contributed by atoms with Gasteiger partial charge in [-0.2, -0.15) is 18.2 Å². The number of aromatic nitrogens is 2. The minimum Gasteiger partial charge on any atom is -0.508 e. The summed E-state index contributed by atoms with van der Waals surface area (Å²) in [4.78, 5) is 17.0. The van der Waals surface area contributed by atoms with E-state index in [1.807, 2.05) is 0 Å². The number of phenolic OH excluding ortho intramolecular Hbond substituents is 1. The van der Waals surface area contributed by atoms with Gasteiger partial charge in [-0.05, 0) is 54.1 Å². The molecule has 0 saturated carbocycles. The number of ether oxygens (including phenoxy) is 1. The van der Waals surface area contributed by atoms with Crippen LogP contribution in [0.2, 0.25) is 0 Å². The highest BCUT2D eigenvalue weighted by Crippen LogP contribution is 2.31. The van der Waals surface area contributed by atoms with Crippen LogP contribution in [0.4, 0.5) is 13.2 Å². The van der Waals surface area contributed by atoms with Gasteiger partial charge in [-0.15, -0.1) is 0 Å². The Labute approximate surface area is 195 Å². The summed E-state index contributed by atoms with van der Waals surface area (Å²) < 4.78 is 54.6.